The third-order valence-electron chi connectivity index (χ3n) is 4.08. The quantitative estimate of drug-likeness (QED) is 0.810. The second-order valence-corrected chi connectivity index (χ2v) is 5.68. The molecule has 0 aromatic heterocycles. The number of hydrogen-bond donors (Lipinski definition) is 1. The molecule has 0 heterocycles. The van der Waals surface area contributed by atoms with E-state index < -0.39 is 0 Å². The minimum absolute atomic E-state index is 0.00154. The van der Waals surface area contributed by atoms with Gasteiger partial charge in [0.15, 0.2) is 0 Å². The molecule has 0 radical (unpaired) electrons. The third kappa shape index (κ3) is 5.53. The Morgan fingerprint density at radius 1 is 0.957 bits per heavy atom. The van der Waals surface area contributed by atoms with Gasteiger partial charge in [-0.1, -0.05) is 74.5 Å². The molecule has 1 N–H and O–H groups in total. The first-order valence-electron chi connectivity index (χ1n) is 8.33. The first-order chi connectivity index (χ1) is 11.2. The molecule has 3 nitrogen and oxygen atoms in total. The van der Waals surface area contributed by atoms with E-state index in [2.05, 4.69) is 48.3 Å². The summed E-state index contributed by atoms with van der Waals surface area (Å²) >= 11 is 0. The standard InChI is InChI=1S/C20H26N2O/c1-3-22(4-2)16-20(23)21-19(18-13-9-6-10-14-18)15-17-11-7-5-8-12-17/h5-14,19H,3-4,15-16H2,1-2H3,(H,21,23). The summed E-state index contributed by atoms with van der Waals surface area (Å²) < 4.78 is 0. The zero-order valence-electron chi connectivity index (χ0n) is 14.0. The van der Waals surface area contributed by atoms with Crippen LogP contribution in [0.15, 0.2) is 60.7 Å². The number of carbonyl (C=O) groups is 1. The lowest BCUT2D eigenvalue weighted by atomic mass is 9.99. The fourth-order valence-corrected chi connectivity index (χ4v) is 2.68. The van der Waals surface area contributed by atoms with Gasteiger partial charge in [-0.3, -0.25) is 9.69 Å². The van der Waals surface area contributed by atoms with Crippen molar-refractivity contribution in [2.75, 3.05) is 19.6 Å². The number of hydrogen-bond acceptors (Lipinski definition) is 2. The summed E-state index contributed by atoms with van der Waals surface area (Å²) in [5.74, 6) is 0.0819. The van der Waals surface area contributed by atoms with Crippen LogP contribution in [0.4, 0.5) is 0 Å². The fraction of sp³-hybridized carbons (Fsp3) is 0.350. The van der Waals surface area contributed by atoms with Crippen LogP contribution in [0.3, 0.4) is 0 Å². The average Bonchev–Trinajstić information content (AvgIpc) is 2.60. The molecule has 1 amide bonds. The van der Waals surface area contributed by atoms with Crippen molar-refractivity contribution in [3.05, 3.63) is 71.8 Å². The van der Waals surface area contributed by atoms with E-state index in [1.54, 1.807) is 0 Å². The summed E-state index contributed by atoms with van der Waals surface area (Å²) in [6, 6.07) is 20.5. The summed E-state index contributed by atoms with van der Waals surface area (Å²) in [7, 11) is 0. The second kappa shape index (κ2) is 9.11. The molecular weight excluding hydrogens is 284 g/mol. The average molecular weight is 310 g/mol. The SMILES string of the molecule is CCN(CC)CC(=O)NC(Cc1ccccc1)c1ccccc1. The smallest absolute Gasteiger partial charge is 0.234 e. The fourth-order valence-electron chi connectivity index (χ4n) is 2.68. The number of rotatable bonds is 8. The molecular formula is C20H26N2O. The molecule has 0 spiro atoms. The van der Waals surface area contributed by atoms with Crippen LogP contribution in [0, 0.1) is 0 Å². The van der Waals surface area contributed by atoms with Crippen molar-refractivity contribution in [3.8, 4) is 0 Å². The van der Waals surface area contributed by atoms with Gasteiger partial charge in [0.2, 0.25) is 5.91 Å². The molecule has 2 rings (SSSR count). The molecule has 0 aliphatic carbocycles. The Morgan fingerprint density at radius 2 is 1.52 bits per heavy atom. The van der Waals surface area contributed by atoms with Crippen molar-refractivity contribution < 1.29 is 4.79 Å². The molecule has 2 aromatic carbocycles. The van der Waals surface area contributed by atoms with E-state index in [-0.39, 0.29) is 11.9 Å². The number of likely N-dealkylation sites (N-methyl/N-ethyl adjacent to an activating group) is 1. The Kier molecular flexibility index (Phi) is 6.82. The van der Waals surface area contributed by atoms with E-state index in [1.807, 2.05) is 36.4 Å². The number of carbonyl (C=O) groups excluding carboxylic acids is 1. The molecule has 0 bridgehead atoms. The predicted molar refractivity (Wildman–Crippen MR) is 95.3 cm³/mol. The van der Waals surface area contributed by atoms with E-state index >= 15 is 0 Å². The Morgan fingerprint density at radius 3 is 2.09 bits per heavy atom. The third-order valence-corrected chi connectivity index (χ3v) is 4.08. The lowest BCUT2D eigenvalue weighted by Crippen LogP contribution is -2.39. The van der Waals surface area contributed by atoms with E-state index in [0.29, 0.717) is 6.54 Å². The monoisotopic (exact) mass is 310 g/mol. The first-order valence-corrected chi connectivity index (χ1v) is 8.33. The van der Waals surface area contributed by atoms with Crippen LogP contribution in [0.25, 0.3) is 0 Å². The van der Waals surface area contributed by atoms with Gasteiger partial charge >= 0.3 is 0 Å². The Hall–Kier alpha value is -2.13. The molecule has 2 aromatic rings. The van der Waals surface area contributed by atoms with Gasteiger partial charge in [-0.2, -0.15) is 0 Å². The van der Waals surface area contributed by atoms with Crippen molar-refractivity contribution in [2.24, 2.45) is 0 Å². The molecule has 23 heavy (non-hydrogen) atoms. The summed E-state index contributed by atoms with van der Waals surface area (Å²) in [5.41, 5.74) is 2.37. The number of benzene rings is 2. The molecule has 0 saturated carbocycles. The van der Waals surface area contributed by atoms with Gasteiger partial charge in [0.25, 0.3) is 0 Å². The molecule has 1 unspecified atom stereocenters. The van der Waals surface area contributed by atoms with Gasteiger partial charge in [-0.25, -0.2) is 0 Å². The Bertz CT molecular complexity index is 579. The molecule has 0 fully saturated rings. The van der Waals surface area contributed by atoms with Crippen molar-refractivity contribution in [1.82, 2.24) is 10.2 Å². The van der Waals surface area contributed by atoms with Crippen LogP contribution in [-0.4, -0.2) is 30.4 Å². The Labute approximate surface area is 139 Å². The summed E-state index contributed by atoms with van der Waals surface area (Å²) in [6.07, 6.45) is 0.800. The number of amides is 1. The van der Waals surface area contributed by atoms with Gasteiger partial charge < -0.3 is 5.32 Å². The predicted octanol–water partition coefficient (Wildman–Crippen LogP) is 3.43. The van der Waals surface area contributed by atoms with Crippen LogP contribution in [0.2, 0.25) is 0 Å². The van der Waals surface area contributed by atoms with Gasteiger partial charge in [0.05, 0.1) is 12.6 Å². The number of nitrogens with one attached hydrogen (secondary N) is 1. The van der Waals surface area contributed by atoms with E-state index in [0.717, 1.165) is 25.1 Å². The van der Waals surface area contributed by atoms with Crippen LogP contribution < -0.4 is 5.32 Å². The highest BCUT2D eigenvalue weighted by molar-refractivity contribution is 5.78. The highest BCUT2D eigenvalue weighted by Crippen LogP contribution is 2.18. The molecule has 3 heteroatoms. The zero-order chi connectivity index (χ0) is 16.5. The van der Waals surface area contributed by atoms with E-state index in [1.165, 1.54) is 5.56 Å². The first kappa shape index (κ1) is 17.2. The lowest BCUT2D eigenvalue weighted by molar-refractivity contribution is -0.122. The van der Waals surface area contributed by atoms with E-state index in [4.69, 9.17) is 0 Å². The largest absolute Gasteiger partial charge is 0.348 e. The van der Waals surface area contributed by atoms with Crippen molar-refractivity contribution in [1.29, 1.82) is 0 Å². The summed E-state index contributed by atoms with van der Waals surface area (Å²) in [6.45, 7) is 6.38. The van der Waals surface area contributed by atoms with Crippen LogP contribution in [0.1, 0.15) is 31.0 Å². The van der Waals surface area contributed by atoms with Crippen LogP contribution in [-0.2, 0) is 11.2 Å². The van der Waals surface area contributed by atoms with Crippen LogP contribution >= 0.6 is 0 Å². The maximum absolute atomic E-state index is 12.4. The molecule has 0 aliphatic heterocycles. The van der Waals surface area contributed by atoms with Gasteiger partial charge in [0.1, 0.15) is 0 Å². The minimum Gasteiger partial charge on any atom is -0.348 e. The maximum Gasteiger partial charge on any atom is 0.234 e. The molecule has 0 aliphatic rings. The topological polar surface area (TPSA) is 32.3 Å². The highest BCUT2D eigenvalue weighted by Gasteiger charge is 2.16. The zero-order valence-corrected chi connectivity index (χ0v) is 14.0. The van der Waals surface area contributed by atoms with Gasteiger partial charge in [0, 0.05) is 0 Å². The van der Waals surface area contributed by atoms with Gasteiger partial charge in [-0.15, -0.1) is 0 Å². The number of nitrogens with zero attached hydrogens (tertiary/aromatic N) is 1. The second-order valence-electron chi connectivity index (χ2n) is 5.68. The summed E-state index contributed by atoms with van der Waals surface area (Å²) in [4.78, 5) is 14.5. The molecule has 1 atom stereocenters. The minimum atomic E-state index is 0.00154. The van der Waals surface area contributed by atoms with Crippen molar-refractivity contribution >= 4 is 5.91 Å². The lowest BCUT2D eigenvalue weighted by Gasteiger charge is -2.22. The van der Waals surface area contributed by atoms with E-state index in [9.17, 15) is 4.79 Å². The van der Waals surface area contributed by atoms with Crippen molar-refractivity contribution in [2.45, 2.75) is 26.3 Å². The maximum atomic E-state index is 12.4. The normalized spacial score (nSPS) is 12.1. The summed E-state index contributed by atoms with van der Waals surface area (Å²) in [5, 5.41) is 3.20. The van der Waals surface area contributed by atoms with Crippen LogP contribution in [0.5, 0.6) is 0 Å². The molecule has 0 saturated heterocycles. The van der Waals surface area contributed by atoms with Gasteiger partial charge in [-0.05, 0) is 30.6 Å². The van der Waals surface area contributed by atoms with Crippen molar-refractivity contribution in [3.63, 3.8) is 0 Å². The molecule has 122 valence electrons. The highest BCUT2D eigenvalue weighted by atomic mass is 16.2. The Balaban J connectivity index is 2.09.